The first kappa shape index (κ1) is 11.8. The molecule has 0 radical (unpaired) electrons. The van der Waals surface area contributed by atoms with Crippen LogP contribution in [0.5, 0.6) is 0 Å². The van der Waals surface area contributed by atoms with E-state index in [0.717, 1.165) is 41.0 Å². The molecule has 3 aromatic rings. The van der Waals surface area contributed by atoms with E-state index in [1.54, 1.807) is 12.5 Å². The summed E-state index contributed by atoms with van der Waals surface area (Å²) in [7, 11) is 1.94. The number of hydrogen-bond donors (Lipinski definition) is 0. The second-order valence-corrected chi connectivity index (χ2v) is 4.56. The van der Waals surface area contributed by atoms with E-state index in [0.29, 0.717) is 0 Å². The lowest BCUT2D eigenvalue weighted by molar-refractivity contribution is 0.844. The number of aromatic nitrogens is 5. The van der Waals surface area contributed by atoms with Crippen molar-refractivity contribution in [3.8, 4) is 11.4 Å². The molecule has 0 bridgehead atoms. The first-order chi connectivity index (χ1) is 9.28. The highest BCUT2D eigenvalue weighted by atomic mass is 15.0. The molecule has 0 saturated heterocycles. The normalized spacial score (nSPS) is 11.1. The SMILES string of the molecule is CCCc1ncc2ccnc(-c3cn(C)cn3)c2n1. The summed E-state index contributed by atoms with van der Waals surface area (Å²) in [5, 5.41) is 0.996. The van der Waals surface area contributed by atoms with Crippen molar-refractivity contribution in [2.45, 2.75) is 19.8 Å². The lowest BCUT2D eigenvalue weighted by Gasteiger charge is -2.04. The topological polar surface area (TPSA) is 56.5 Å². The Morgan fingerprint density at radius 2 is 2.11 bits per heavy atom. The van der Waals surface area contributed by atoms with E-state index in [4.69, 9.17) is 0 Å². The predicted octanol–water partition coefficient (Wildman–Crippen LogP) is 2.38. The molecule has 0 N–H and O–H groups in total. The average Bonchev–Trinajstić information content (AvgIpc) is 2.85. The Labute approximate surface area is 111 Å². The fourth-order valence-electron chi connectivity index (χ4n) is 2.06. The van der Waals surface area contributed by atoms with Gasteiger partial charge < -0.3 is 4.57 Å². The number of rotatable bonds is 3. The van der Waals surface area contributed by atoms with Crippen LogP contribution in [0.1, 0.15) is 19.2 Å². The molecule has 5 heteroatoms. The summed E-state index contributed by atoms with van der Waals surface area (Å²) in [6.07, 6.45) is 9.27. The Kier molecular flexibility index (Phi) is 2.95. The van der Waals surface area contributed by atoms with Crippen LogP contribution in [-0.4, -0.2) is 24.5 Å². The number of aryl methyl sites for hydroxylation is 2. The maximum Gasteiger partial charge on any atom is 0.129 e. The standard InChI is InChI=1S/C14H15N5/c1-3-4-12-16-7-10-5-6-15-14(13(10)18-12)11-8-19(2)9-17-11/h5-9H,3-4H2,1-2H3. The summed E-state index contributed by atoms with van der Waals surface area (Å²) in [5.41, 5.74) is 2.53. The second-order valence-electron chi connectivity index (χ2n) is 4.56. The summed E-state index contributed by atoms with van der Waals surface area (Å²) < 4.78 is 1.91. The molecule has 3 aromatic heterocycles. The van der Waals surface area contributed by atoms with E-state index in [-0.39, 0.29) is 0 Å². The number of pyridine rings is 1. The molecule has 0 aromatic carbocycles. The highest BCUT2D eigenvalue weighted by Gasteiger charge is 2.10. The van der Waals surface area contributed by atoms with Crippen molar-refractivity contribution < 1.29 is 0 Å². The van der Waals surface area contributed by atoms with Gasteiger partial charge in [-0.25, -0.2) is 15.0 Å². The minimum absolute atomic E-state index is 0.817. The molecule has 0 aliphatic rings. The Morgan fingerprint density at radius 1 is 1.21 bits per heavy atom. The fourth-order valence-corrected chi connectivity index (χ4v) is 2.06. The Balaban J connectivity index is 2.20. The molecular formula is C14H15N5. The van der Waals surface area contributed by atoms with Crippen LogP contribution in [0.4, 0.5) is 0 Å². The molecule has 5 nitrogen and oxygen atoms in total. The van der Waals surface area contributed by atoms with E-state index in [1.165, 1.54) is 0 Å². The lowest BCUT2D eigenvalue weighted by atomic mass is 10.2. The van der Waals surface area contributed by atoms with Crippen LogP contribution in [-0.2, 0) is 13.5 Å². The zero-order chi connectivity index (χ0) is 13.2. The van der Waals surface area contributed by atoms with Gasteiger partial charge in [-0.05, 0) is 12.5 Å². The van der Waals surface area contributed by atoms with E-state index in [2.05, 4.69) is 26.9 Å². The number of nitrogens with zero attached hydrogens (tertiary/aromatic N) is 5. The predicted molar refractivity (Wildman–Crippen MR) is 73.5 cm³/mol. The third-order valence-electron chi connectivity index (χ3n) is 2.97. The molecule has 3 heterocycles. The van der Waals surface area contributed by atoms with Gasteiger partial charge >= 0.3 is 0 Å². The number of fused-ring (bicyclic) bond motifs is 1. The van der Waals surface area contributed by atoms with Crippen molar-refractivity contribution in [2.24, 2.45) is 7.05 Å². The van der Waals surface area contributed by atoms with Gasteiger partial charge in [0.05, 0.1) is 6.33 Å². The number of hydrogen-bond acceptors (Lipinski definition) is 4. The molecular weight excluding hydrogens is 238 g/mol. The van der Waals surface area contributed by atoms with Gasteiger partial charge in [-0.1, -0.05) is 6.92 Å². The van der Waals surface area contributed by atoms with Crippen LogP contribution in [0.2, 0.25) is 0 Å². The van der Waals surface area contributed by atoms with Crippen LogP contribution in [0.15, 0.2) is 31.0 Å². The molecule has 0 aliphatic carbocycles. The molecule has 0 atom stereocenters. The van der Waals surface area contributed by atoms with Gasteiger partial charge in [-0.2, -0.15) is 0 Å². The Morgan fingerprint density at radius 3 is 2.84 bits per heavy atom. The van der Waals surface area contributed by atoms with Gasteiger partial charge in [0.15, 0.2) is 0 Å². The van der Waals surface area contributed by atoms with E-state index < -0.39 is 0 Å². The van der Waals surface area contributed by atoms with Crippen LogP contribution < -0.4 is 0 Å². The van der Waals surface area contributed by atoms with Gasteiger partial charge in [-0.3, -0.25) is 4.98 Å². The molecule has 0 saturated carbocycles. The molecule has 0 spiro atoms. The summed E-state index contributed by atoms with van der Waals surface area (Å²) >= 11 is 0. The quantitative estimate of drug-likeness (QED) is 0.719. The van der Waals surface area contributed by atoms with Crippen molar-refractivity contribution in [2.75, 3.05) is 0 Å². The highest BCUT2D eigenvalue weighted by molar-refractivity contribution is 5.89. The molecule has 0 fully saturated rings. The lowest BCUT2D eigenvalue weighted by Crippen LogP contribution is -1.97. The molecule has 0 amide bonds. The highest BCUT2D eigenvalue weighted by Crippen LogP contribution is 2.23. The van der Waals surface area contributed by atoms with Gasteiger partial charge in [-0.15, -0.1) is 0 Å². The Bertz CT molecular complexity index is 717. The number of imidazole rings is 1. The Hall–Kier alpha value is -2.30. The van der Waals surface area contributed by atoms with Gasteiger partial charge in [0.2, 0.25) is 0 Å². The first-order valence-electron chi connectivity index (χ1n) is 6.37. The minimum atomic E-state index is 0.817. The molecule has 19 heavy (non-hydrogen) atoms. The third-order valence-corrected chi connectivity index (χ3v) is 2.97. The van der Waals surface area contributed by atoms with Crippen molar-refractivity contribution >= 4 is 10.9 Å². The maximum absolute atomic E-state index is 4.63. The van der Waals surface area contributed by atoms with E-state index in [9.17, 15) is 0 Å². The zero-order valence-corrected chi connectivity index (χ0v) is 11.0. The van der Waals surface area contributed by atoms with Crippen LogP contribution in [0, 0.1) is 0 Å². The summed E-state index contributed by atoms with van der Waals surface area (Å²) in [6.45, 7) is 2.12. The van der Waals surface area contributed by atoms with Gasteiger partial charge in [0, 0.05) is 37.4 Å². The van der Waals surface area contributed by atoms with E-state index >= 15 is 0 Å². The average molecular weight is 253 g/mol. The van der Waals surface area contributed by atoms with Crippen molar-refractivity contribution in [1.29, 1.82) is 0 Å². The minimum Gasteiger partial charge on any atom is -0.340 e. The van der Waals surface area contributed by atoms with Crippen molar-refractivity contribution in [1.82, 2.24) is 24.5 Å². The maximum atomic E-state index is 4.63. The van der Waals surface area contributed by atoms with Crippen LogP contribution in [0.25, 0.3) is 22.3 Å². The summed E-state index contributed by atoms with van der Waals surface area (Å²) in [5.74, 6) is 0.861. The molecule has 0 aliphatic heterocycles. The molecule has 0 unspecified atom stereocenters. The second kappa shape index (κ2) is 4.76. The molecule has 3 rings (SSSR count). The summed E-state index contributed by atoms with van der Waals surface area (Å²) in [4.78, 5) is 17.8. The monoisotopic (exact) mass is 253 g/mol. The van der Waals surface area contributed by atoms with Crippen molar-refractivity contribution in [3.63, 3.8) is 0 Å². The fraction of sp³-hybridized carbons (Fsp3) is 0.286. The first-order valence-corrected chi connectivity index (χ1v) is 6.37. The van der Waals surface area contributed by atoms with Crippen molar-refractivity contribution in [3.05, 3.63) is 36.8 Å². The van der Waals surface area contributed by atoms with E-state index in [1.807, 2.05) is 30.1 Å². The van der Waals surface area contributed by atoms with Crippen LogP contribution >= 0.6 is 0 Å². The van der Waals surface area contributed by atoms with Gasteiger partial charge in [0.25, 0.3) is 0 Å². The third kappa shape index (κ3) is 2.19. The largest absolute Gasteiger partial charge is 0.340 e. The summed E-state index contributed by atoms with van der Waals surface area (Å²) in [6, 6.07) is 1.93. The van der Waals surface area contributed by atoms with Crippen LogP contribution in [0.3, 0.4) is 0 Å². The smallest absolute Gasteiger partial charge is 0.129 e. The van der Waals surface area contributed by atoms with Gasteiger partial charge in [0.1, 0.15) is 22.7 Å². The molecule has 96 valence electrons. The zero-order valence-electron chi connectivity index (χ0n) is 11.0.